The summed E-state index contributed by atoms with van der Waals surface area (Å²) in [6.07, 6.45) is 14.7. The van der Waals surface area contributed by atoms with Gasteiger partial charge < -0.3 is 16.2 Å². The zero-order valence-electron chi connectivity index (χ0n) is 26.3. The zero-order valence-corrected chi connectivity index (χ0v) is 26.3. The summed E-state index contributed by atoms with van der Waals surface area (Å²) < 4.78 is 0. The quantitative estimate of drug-likeness (QED) is 0.210. The standard InChI is InChI=1S/C37H57N3O2/c1-28(2)36(38)37(42)39-33(23-29-15-7-3-8-16-29)25-35(41)34(24-30-17-9-4-10-18-30)40(26-31-19-11-5-12-20-31)27-32-21-13-6-14-22-32/h5-6,11-14,19-22,28-30,33-36,41H,3-4,7-10,15-18,23-27,38H2,1-2H3,(H,39,42)/t33?,34-,35?,36?/m0/s1. The fraction of sp³-hybridized carbons (Fsp3) is 0.649. The molecular weight excluding hydrogens is 518 g/mol. The molecule has 0 heterocycles. The molecule has 2 aliphatic rings. The molecule has 0 radical (unpaired) electrons. The van der Waals surface area contributed by atoms with Gasteiger partial charge in [-0.25, -0.2) is 0 Å². The molecule has 2 aliphatic carbocycles. The number of benzene rings is 2. The van der Waals surface area contributed by atoms with Gasteiger partial charge in [-0.2, -0.15) is 0 Å². The maximum absolute atomic E-state index is 13.2. The van der Waals surface area contributed by atoms with Crippen LogP contribution in [0, 0.1) is 17.8 Å². The van der Waals surface area contributed by atoms with Gasteiger partial charge in [-0.3, -0.25) is 9.69 Å². The van der Waals surface area contributed by atoms with Crippen molar-refractivity contribution in [3.63, 3.8) is 0 Å². The van der Waals surface area contributed by atoms with Crippen LogP contribution in [0.3, 0.4) is 0 Å². The molecule has 4 N–H and O–H groups in total. The molecule has 2 fully saturated rings. The lowest BCUT2D eigenvalue weighted by atomic mass is 9.80. The van der Waals surface area contributed by atoms with Crippen LogP contribution in [0.15, 0.2) is 60.7 Å². The highest BCUT2D eigenvalue weighted by atomic mass is 16.3. The average Bonchev–Trinajstić information content (AvgIpc) is 3.01. The molecule has 5 nitrogen and oxygen atoms in total. The maximum atomic E-state index is 13.2. The number of aliphatic hydroxyl groups excluding tert-OH is 1. The Morgan fingerprint density at radius 3 is 1.76 bits per heavy atom. The van der Waals surface area contributed by atoms with Crippen molar-refractivity contribution >= 4 is 5.91 Å². The molecule has 42 heavy (non-hydrogen) atoms. The van der Waals surface area contributed by atoms with E-state index in [-0.39, 0.29) is 23.9 Å². The number of aliphatic hydroxyl groups is 1. The van der Waals surface area contributed by atoms with Crippen molar-refractivity contribution in [2.45, 2.75) is 135 Å². The highest BCUT2D eigenvalue weighted by Gasteiger charge is 2.33. The molecule has 5 heteroatoms. The van der Waals surface area contributed by atoms with Crippen LogP contribution < -0.4 is 11.1 Å². The van der Waals surface area contributed by atoms with Gasteiger partial charge in [0, 0.05) is 25.2 Å². The van der Waals surface area contributed by atoms with E-state index in [4.69, 9.17) is 5.73 Å². The van der Waals surface area contributed by atoms with E-state index in [2.05, 4.69) is 70.9 Å². The second kappa shape index (κ2) is 17.2. The summed E-state index contributed by atoms with van der Waals surface area (Å²) in [5.74, 6) is 1.24. The van der Waals surface area contributed by atoms with Crippen LogP contribution in [-0.2, 0) is 17.9 Å². The Morgan fingerprint density at radius 1 is 0.810 bits per heavy atom. The molecule has 1 amide bonds. The third-order valence-electron chi connectivity index (χ3n) is 9.91. The molecule has 3 unspecified atom stereocenters. The van der Waals surface area contributed by atoms with Gasteiger partial charge in [0.05, 0.1) is 12.1 Å². The molecule has 232 valence electrons. The van der Waals surface area contributed by atoms with Crippen molar-refractivity contribution in [2.75, 3.05) is 0 Å². The summed E-state index contributed by atoms with van der Waals surface area (Å²) >= 11 is 0. The summed E-state index contributed by atoms with van der Waals surface area (Å²) in [6, 6.07) is 20.8. The van der Waals surface area contributed by atoms with Crippen LogP contribution in [0.2, 0.25) is 0 Å². The Hall–Kier alpha value is -2.21. The lowest BCUT2D eigenvalue weighted by molar-refractivity contribution is -0.124. The van der Waals surface area contributed by atoms with Gasteiger partial charge in [-0.05, 0) is 48.1 Å². The normalized spacial score (nSPS) is 19.9. The van der Waals surface area contributed by atoms with Crippen molar-refractivity contribution in [2.24, 2.45) is 23.5 Å². The lowest BCUT2D eigenvalue weighted by Crippen LogP contribution is -2.51. The summed E-state index contributed by atoms with van der Waals surface area (Å²) in [6.45, 7) is 5.59. The molecule has 4 atom stereocenters. The Bertz CT molecular complexity index is 976. The first-order valence-corrected chi connectivity index (χ1v) is 16.9. The number of rotatable bonds is 15. The molecule has 0 saturated heterocycles. The minimum Gasteiger partial charge on any atom is -0.391 e. The summed E-state index contributed by atoms with van der Waals surface area (Å²) in [5.41, 5.74) is 8.83. The average molecular weight is 576 g/mol. The first-order chi connectivity index (χ1) is 20.4. The summed E-state index contributed by atoms with van der Waals surface area (Å²) in [4.78, 5) is 15.7. The van der Waals surface area contributed by atoms with Crippen molar-refractivity contribution < 1.29 is 9.90 Å². The number of nitrogens with two attached hydrogens (primary N) is 1. The number of nitrogens with one attached hydrogen (secondary N) is 1. The molecule has 2 saturated carbocycles. The van der Waals surface area contributed by atoms with Crippen molar-refractivity contribution in [1.29, 1.82) is 0 Å². The van der Waals surface area contributed by atoms with E-state index in [1.165, 1.54) is 75.3 Å². The van der Waals surface area contributed by atoms with E-state index in [1.54, 1.807) is 0 Å². The third-order valence-corrected chi connectivity index (χ3v) is 9.91. The van der Waals surface area contributed by atoms with Gasteiger partial charge in [-0.15, -0.1) is 0 Å². The van der Waals surface area contributed by atoms with Gasteiger partial charge in [-0.1, -0.05) is 139 Å². The molecule has 0 spiro atoms. The second-order valence-corrected chi connectivity index (χ2v) is 13.7. The predicted octanol–water partition coefficient (Wildman–Crippen LogP) is 7.22. The largest absolute Gasteiger partial charge is 0.391 e. The van der Waals surface area contributed by atoms with E-state index in [0.29, 0.717) is 18.3 Å². The molecule has 2 aromatic carbocycles. The van der Waals surface area contributed by atoms with E-state index in [0.717, 1.165) is 25.9 Å². The van der Waals surface area contributed by atoms with Crippen molar-refractivity contribution in [3.8, 4) is 0 Å². The van der Waals surface area contributed by atoms with Crippen LogP contribution in [-0.4, -0.2) is 40.1 Å². The minimum atomic E-state index is -0.538. The number of nitrogens with zero attached hydrogens (tertiary/aromatic N) is 1. The minimum absolute atomic E-state index is 0.0121. The van der Waals surface area contributed by atoms with Crippen LogP contribution in [0.1, 0.15) is 108 Å². The molecule has 0 aromatic heterocycles. The Kier molecular flexibility index (Phi) is 13.4. The highest BCUT2D eigenvalue weighted by molar-refractivity contribution is 5.82. The number of hydrogen-bond acceptors (Lipinski definition) is 4. The Labute approximate surface area is 255 Å². The predicted molar refractivity (Wildman–Crippen MR) is 174 cm³/mol. The van der Waals surface area contributed by atoms with Gasteiger partial charge in [0.25, 0.3) is 0 Å². The van der Waals surface area contributed by atoms with Crippen LogP contribution in [0.25, 0.3) is 0 Å². The molecule has 4 rings (SSSR count). The van der Waals surface area contributed by atoms with Crippen LogP contribution in [0.5, 0.6) is 0 Å². The summed E-state index contributed by atoms with van der Waals surface area (Å²) in [7, 11) is 0. The van der Waals surface area contributed by atoms with E-state index < -0.39 is 12.1 Å². The topological polar surface area (TPSA) is 78.6 Å². The zero-order chi connectivity index (χ0) is 29.7. The maximum Gasteiger partial charge on any atom is 0.237 e. The summed E-state index contributed by atoms with van der Waals surface area (Å²) in [5, 5.41) is 15.5. The van der Waals surface area contributed by atoms with Gasteiger partial charge >= 0.3 is 0 Å². The van der Waals surface area contributed by atoms with Gasteiger partial charge in [0.1, 0.15) is 0 Å². The monoisotopic (exact) mass is 575 g/mol. The Morgan fingerprint density at radius 2 is 1.29 bits per heavy atom. The van der Waals surface area contributed by atoms with E-state index in [1.807, 2.05) is 13.8 Å². The molecule has 0 bridgehead atoms. The Balaban J connectivity index is 1.59. The highest BCUT2D eigenvalue weighted by Crippen LogP contribution is 2.33. The lowest BCUT2D eigenvalue weighted by Gasteiger charge is -2.39. The number of carbonyl (C=O) groups excluding carboxylic acids is 1. The first-order valence-electron chi connectivity index (χ1n) is 16.9. The number of amides is 1. The fourth-order valence-electron chi connectivity index (χ4n) is 7.33. The smallest absolute Gasteiger partial charge is 0.237 e. The first kappa shape index (κ1) is 32.7. The molecule has 2 aromatic rings. The number of hydrogen-bond donors (Lipinski definition) is 3. The van der Waals surface area contributed by atoms with Crippen molar-refractivity contribution in [1.82, 2.24) is 10.2 Å². The van der Waals surface area contributed by atoms with E-state index >= 15 is 0 Å². The molecular formula is C37H57N3O2. The van der Waals surface area contributed by atoms with Gasteiger partial charge in [0.2, 0.25) is 5.91 Å². The van der Waals surface area contributed by atoms with Crippen LogP contribution in [0.4, 0.5) is 0 Å². The SMILES string of the molecule is CC(C)C(N)C(=O)NC(CC1CCCCC1)CC(O)[C@H](CC1CCCCC1)N(Cc1ccccc1)Cc1ccccc1. The second-order valence-electron chi connectivity index (χ2n) is 13.7. The van der Waals surface area contributed by atoms with Crippen LogP contribution >= 0.6 is 0 Å². The number of carbonyl (C=O) groups is 1. The molecule has 0 aliphatic heterocycles. The third kappa shape index (κ3) is 10.5. The van der Waals surface area contributed by atoms with E-state index in [9.17, 15) is 9.90 Å². The van der Waals surface area contributed by atoms with Crippen molar-refractivity contribution in [3.05, 3.63) is 71.8 Å². The van der Waals surface area contributed by atoms with Gasteiger partial charge in [0.15, 0.2) is 0 Å². The fourth-order valence-corrected chi connectivity index (χ4v) is 7.33.